The summed E-state index contributed by atoms with van der Waals surface area (Å²) in [6.07, 6.45) is 2.17. The summed E-state index contributed by atoms with van der Waals surface area (Å²) in [5.41, 5.74) is 5.21. The fourth-order valence-electron chi connectivity index (χ4n) is 2.59. The molecule has 0 aliphatic heterocycles. The van der Waals surface area contributed by atoms with Gasteiger partial charge in [0.05, 0.1) is 5.69 Å². The van der Waals surface area contributed by atoms with Crippen molar-refractivity contribution in [2.24, 2.45) is 7.05 Å². The zero-order valence-electron chi connectivity index (χ0n) is 13.2. The van der Waals surface area contributed by atoms with Crippen molar-refractivity contribution in [2.45, 2.75) is 46.6 Å². The molecule has 0 fully saturated rings. The molecular formula is C16H25N3S. The highest BCUT2D eigenvalue weighted by Gasteiger charge is 2.18. The first-order valence-electron chi connectivity index (χ1n) is 7.30. The van der Waals surface area contributed by atoms with E-state index in [2.05, 4.69) is 49.6 Å². The van der Waals surface area contributed by atoms with E-state index in [1.54, 1.807) is 0 Å². The maximum absolute atomic E-state index is 4.53. The van der Waals surface area contributed by atoms with Crippen molar-refractivity contribution in [2.75, 3.05) is 6.54 Å². The Labute approximate surface area is 126 Å². The average molecular weight is 291 g/mol. The minimum Gasteiger partial charge on any atom is -0.310 e. The predicted molar refractivity (Wildman–Crippen MR) is 86.5 cm³/mol. The van der Waals surface area contributed by atoms with E-state index < -0.39 is 0 Å². The molecule has 0 saturated carbocycles. The Balaban J connectivity index is 2.23. The van der Waals surface area contributed by atoms with E-state index in [4.69, 9.17) is 0 Å². The molecule has 1 N–H and O–H groups in total. The Morgan fingerprint density at radius 1 is 1.35 bits per heavy atom. The number of hydrogen-bond acceptors (Lipinski definition) is 3. The summed E-state index contributed by atoms with van der Waals surface area (Å²) < 4.78 is 1.99. The third-order valence-electron chi connectivity index (χ3n) is 3.86. The quantitative estimate of drug-likeness (QED) is 0.879. The monoisotopic (exact) mass is 291 g/mol. The van der Waals surface area contributed by atoms with Gasteiger partial charge in [-0.25, -0.2) is 0 Å². The summed E-state index contributed by atoms with van der Waals surface area (Å²) in [6, 6.07) is 2.69. The zero-order valence-corrected chi connectivity index (χ0v) is 14.0. The number of aromatic nitrogens is 2. The van der Waals surface area contributed by atoms with Gasteiger partial charge in [0.15, 0.2) is 0 Å². The van der Waals surface area contributed by atoms with Crippen LogP contribution in [0.4, 0.5) is 0 Å². The Morgan fingerprint density at radius 2 is 2.10 bits per heavy atom. The van der Waals surface area contributed by atoms with Gasteiger partial charge < -0.3 is 5.32 Å². The number of hydrogen-bond donors (Lipinski definition) is 1. The second-order valence-electron chi connectivity index (χ2n) is 5.47. The van der Waals surface area contributed by atoms with Crippen molar-refractivity contribution < 1.29 is 0 Å². The molecule has 0 amide bonds. The van der Waals surface area contributed by atoms with Crippen molar-refractivity contribution in [3.63, 3.8) is 0 Å². The van der Waals surface area contributed by atoms with Crippen LogP contribution < -0.4 is 5.32 Å². The number of rotatable bonds is 6. The standard InChI is InChI=1S/C16H25N3S/c1-6-7-17-16(14-8-11(2)20-10-14)9-15-12(3)18-19(5)13(15)4/h8,10,16-17H,6-7,9H2,1-5H3. The van der Waals surface area contributed by atoms with Crippen molar-refractivity contribution in [3.8, 4) is 0 Å². The molecule has 0 aromatic carbocycles. The molecule has 3 nitrogen and oxygen atoms in total. The molecule has 2 heterocycles. The normalized spacial score (nSPS) is 12.8. The Morgan fingerprint density at radius 3 is 2.60 bits per heavy atom. The van der Waals surface area contributed by atoms with E-state index in [-0.39, 0.29) is 0 Å². The summed E-state index contributed by atoms with van der Waals surface area (Å²) in [5.74, 6) is 0. The lowest BCUT2D eigenvalue weighted by atomic mass is 9.99. The molecule has 0 bridgehead atoms. The van der Waals surface area contributed by atoms with Crippen molar-refractivity contribution in [1.82, 2.24) is 15.1 Å². The van der Waals surface area contributed by atoms with Gasteiger partial charge in [-0.1, -0.05) is 6.92 Å². The fourth-order valence-corrected chi connectivity index (χ4v) is 3.35. The van der Waals surface area contributed by atoms with Gasteiger partial charge in [0, 0.05) is 23.7 Å². The van der Waals surface area contributed by atoms with Gasteiger partial charge in [0.1, 0.15) is 0 Å². The highest BCUT2D eigenvalue weighted by molar-refractivity contribution is 7.10. The molecule has 2 rings (SSSR count). The SMILES string of the molecule is CCCNC(Cc1c(C)nn(C)c1C)c1csc(C)c1. The molecule has 4 heteroatoms. The largest absolute Gasteiger partial charge is 0.310 e. The van der Waals surface area contributed by atoms with Crippen LogP contribution in [-0.4, -0.2) is 16.3 Å². The Bertz CT molecular complexity index is 568. The first kappa shape index (κ1) is 15.3. The van der Waals surface area contributed by atoms with E-state index in [0.717, 1.165) is 25.1 Å². The minimum absolute atomic E-state index is 0.390. The van der Waals surface area contributed by atoms with Crippen LogP contribution in [0.25, 0.3) is 0 Å². The fraction of sp³-hybridized carbons (Fsp3) is 0.562. The summed E-state index contributed by atoms with van der Waals surface area (Å²) in [7, 11) is 2.02. The number of nitrogens with one attached hydrogen (secondary N) is 1. The predicted octanol–water partition coefficient (Wildman–Crippen LogP) is 3.69. The summed E-state index contributed by atoms with van der Waals surface area (Å²) in [6.45, 7) is 9.70. The molecular weight excluding hydrogens is 266 g/mol. The Kier molecular flexibility index (Phi) is 5.00. The number of nitrogens with zero attached hydrogens (tertiary/aromatic N) is 2. The van der Waals surface area contributed by atoms with Gasteiger partial charge in [-0.3, -0.25) is 4.68 Å². The van der Waals surface area contributed by atoms with Crippen molar-refractivity contribution >= 4 is 11.3 Å². The number of thiophene rings is 1. The van der Waals surface area contributed by atoms with Gasteiger partial charge >= 0.3 is 0 Å². The van der Waals surface area contributed by atoms with Crippen LogP contribution in [0.1, 0.15) is 46.8 Å². The Hall–Kier alpha value is -1.13. The molecule has 0 spiro atoms. The van der Waals surface area contributed by atoms with Crippen LogP contribution in [0.3, 0.4) is 0 Å². The van der Waals surface area contributed by atoms with Gasteiger partial charge in [-0.2, -0.15) is 5.10 Å². The van der Waals surface area contributed by atoms with Gasteiger partial charge in [0.25, 0.3) is 0 Å². The van der Waals surface area contributed by atoms with Crippen LogP contribution in [0.2, 0.25) is 0 Å². The second-order valence-corrected chi connectivity index (χ2v) is 6.59. The second kappa shape index (κ2) is 6.55. The lowest BCUT2D eigenvalue weighted by Crippen LogP contribution is -2.24. The zero-order chi connectivity index (χ0) is 14.7. The number of aryl methyl sites for hydroxylation is 3. The lowest BCUT2D eigenvalue weighted by molar-refractivity contribution is 0.528. The van der Waals surface area contributed by atoms with Crippen LogP contribution >= 0.6 is 11.3 Å². The molecule has 0 aliphatic rings. The third kappa shape index (κ3) is 3.30. The smallest absolute Gasteiger partial charge is 0.0629 e. The van der Waals surface area contributed by atoms with Crippen LogP contribution in [0.15, 0.2) is 11.4 Å². The van der Waals surface area contributed by atoms with E-state index in [1.807, 2.05) is 23.1 Å². The highest BCUT2D eigenvalue weighted by Crippen LogP contribution is 2.26. The van der Waals surface area contributed by atoms with E-state index in [9.17, 15) is 0 Å². The first-order valence-corrected chi connectivity index (χ1v) is 8.18. The van der Waals surface area contributed by atoms with Crippen molar-refractivity contribution in [1.29, 1.82) is 0 Å². The third-order valence-corrected chi connectivity index (χ3v) is 4.74. The highest BCUT2D eigenvalue weighted by atomic mass is 32.1. The van der Waals surface area contributed by atoms with Gasteiger partial charge in [-0.05, 0) is 62.7 Å². The van der Waals surface area contributed by atoms with Crippen LogP contribution in [0.5, 0.6) is 0 Å². The van der Waals surface area contributed by atoms with E-state index in [0.29, 0.717) is 6.04 Å². The average Bonchev–Trinajstić information content (AvgIpc) is 2.93. The molecule has 1 atom stereocenters. The summed E-state index contributed by atoms with van der Waals surface area (Å²) >= 11 is 1.83. The first-order chi connectivity index (χ1) is 9.52. The van der Waals surface area contributed by atoms with Crippen molar-refractivity contribution in [3.05, 3.63) is 38.8 Å². The molecule has 1 unspecified atom stereocenters. The molecule has 110 valence electrons. The van der Waals surface area contributed by atoms with E-state index >= 15 is 0 Å². The molecule has 0 saturated heterocycles. The molecule has 0 radical (unpaired) electrons. The maximum Gasteiger partial charge on any atom is 0.0629 e. The molecule has 2 aromatic heterocycles. The van der Waals surface area contributed by atoms with Crippen LogP contribution in [0, 0.1) is 20.8 Å². The maximum atomic E-state index is 4.53. The summed E-state index contributed by atoms with van der Waals surface area (Å²) in [5, 5.41) is 10.5. The summed E-state index contributed by atoms with van der Waals surface area (Å²) in [4.78, 5) is 1.38. The van der Waals surface area contributed by atoms with Gasteiger partial charge in [-0.15, -0.1) is 11.3 Å². The molecule has 0 aliphatic carbocycles. The topological polar surface area (TPSA) is 29.9 Å². The van der Waals surface area contributed by atoms with Crippen LogP contribution in [-0.2, 0) is 13.5 Å². The van der Waals surface area contributed by atoms with Gasteiger partial charge in [0.2, 0.25) is 0 Å². The molecule has 20 heavy (non-hydrogen) atoms. The van der Waals surface area contributed by atoms with E-state index in [1.165, 1.54) is 21.7 Å². The molecule has 2 aromatic rings. The minimum atomic E-state index is 0.390. The lowest BCUT2D eigenvalue weighted by Gasteiger charge is -2.18.